The average molecular weight is 303 g/mol. The summed E-state index contributed by atoms with van der Waals surface area (Å²) in [4.78, 5) is 25.2. The molecule has 0 unspecified atom stereocenters. The van der Waals surface area contributed by atoms with Gasteiger partial charge < -0.3 is 15.6 Å². The van der Waals surface area contributed by atoms with Gasteiger partial charge in [-0.05, 0) is 43.4 Å². The highest BCUT2D eigenvalue weighted by molar-refractivity contribution is 7.17. The largest absolute Gasteiger partial charge is 0.365 e. The second kappa shape index (κ2) is 5.37. The summed E-state index contributed by atoms with van der Waals surface area (Å²) in [6.45, 7) is 0. The number of nitrogens with zero attached hydrogens (tertiary/aromatic N) is 1. The summed E-state index contributed by atoms with van der Waals surface area (Å²) in [5.41, 5.74) is 7.60. The lowest BCUT2D eigenvalue weighted by atomic mass is 9.95. The maximum atomic E-state index is 12.3. The van der Waals surface area contributed by atoms with Crippen molar-refractivity contribution in [2.24, 2.45) is 12.8 Å². The molecular formula is C15H17N3O2S. The minimum absolute atomic E-state index is 0.219. The number of rotatable bonds is 3. The molecule has 3 N–H and O–H groups in total. The molecule has 0 bridgehead atoms. The van der Waals surface area contributed by atoms with Gasteiger partial charge in [0.1, 0.15) is 10.7 Å². The Kier molecular flexibility index (Phi) is 3.55. The second-order valence-electron chi connectivity index (χ2n) is 5.24. The predicted molar refractivity (Wildman–Crippen MR) is 82.8 cm³/mol. The Morgan fingerprint density at radius 2 is 2.10 bits per heavy atom. The normalized spacial score (nSPS) is 13.8. The van der Waals surface area contributed by atoms with Crippen LogP contribution in [0.5, 0.6) is 0 Å². The van der Waals surface area contributed by atoms with Crippen molar-refractivity contribution in [1.82, 2.24) is 4.57 Å². The minimum Gasteiger partial charge on any atom is -0.365 e. The fourth-order valence-corrected chi connectivity index (χ4v) is 4.07. The Balaban J connectivity index is 1.95. The molecule has 3 rings (SSSR count). The van der Waals surface area contributed by atoms with Crippen LogP contribution >= 0.6 is 11.3 Å². The maximum absolute atomic E-state index is 12.3. The SMILES string of the molecule is Cn1cccc1C(=O)Nc1sc2c(c1C(N)=O)CCCC2. The van der Waals surface area contributed by atoms with Crippen molar-refractivity contribution < 1.29 is 9.59 Å². The molecular weight excluding hydrogens is 286 g/mol. The molecule has 0 radical (unpaired) electrons. The van der Waals surface area contributed by atoms with Crippen LogP contribution in [0, 0.1) is 0 Å². The number of thiophene rings is 1. The van der Waals surface area contributed by atoms with Gasteiger partial charge in [-0.3, -0.25) is 9.59 Å². The average Bonchev–Trinajstić information content (AvgIpc) is 3.01. The highest BCUT2D eigenvalue weighted by Gasteiger charge is 2.25. The molecule has 0 saturated heterocycles. The van der Waals surface area contributed by atoms with Crippen LogP contribution in [-0.2, 0) is 19.9 Å². The van der Waals surface area contributed by atoms with Gasteiger partial charge in [0.2, 0.25) is 0 Å². The molecule has 21 heavy (non-hydrogen) atoms. The number of nitrogens with one attached hydrogen (secondary N) is 1. The first-order valence-electron chi connectivity index (χ1n) is 6.95. The van der Waals surface area contributed by atoms with Crippen molar-refractivity contribution in [3.8, 4) is 0 Å². The standard InChI is InChI=1S/C15H17N3O2S/c1-18-8-4-6-10(18)14(20)17-15-12(13(16)19)9-5-2-3-7-11(9)21-15/h4,6,8H,2-3,5,7H2,1H3,(H2,16,19)(H,17,20). The molecule has 0 saturated carbocycles. The molecule has 2 amide bonds. The van der Waals surface area contributed by atoms with Crippen LogP contribution in [0.1, 0.15) is 44.1 Å². The number of hydrogen-bond donors (Lipinski definition) is 2. The first-order valence-corrected chi connectivity index (χ1v) is 7.76. The fourth-order valence-electron chi connectivity index (χ4n) is 2.78. The Morgan fingerprint density at radius 3 is 2.76 bits per heavy atom. The summed E-state index contributed by atoms with van der Waals surface area (Å²) in [6.07, 6.45) is 5.82. The smallest absolute Gasteiger partial charge is 0.272 e. The van der Waals surface area contributed by atoms with E-state index in [1.807, 2.05) is 19.3 Å². The number of nitrogens with two attached hydrogens (primary N) is 1. The van der Waals surface area contributed by atoms with Gasteiger partial charge >= 0.3 is 0 Å². The van der Waals surface area contributed by atoms with E-state index in [2.05, 4.69) is 5.32 Å². The van der Waals surface area contributed by atoms with Crippen LogP contribution in [0.15, 0.2) is 18.3 Å². The number of carbonyl (C=O) groups is 2. The van der Waals surface area contributed by atoms with E-state index in [9.17, 15) is 9.59 Å². The lowest BCUT2D eigenvalue weighted by molar-refractivity contribution is 0.100. The van der Waals surface area contributed by atoms with E-state index in [-0.39, 0.29) is 5.91 Å². The summed E-state index contributed by atoms with van der Waals surface area (Å²) < 4.78 is 1.74. The van der Waals surface area contributed by atoms with Crippen molar-refractivity contribution >= 4 is 28.2 Å². The summed E-state index contributed by atoms with van der Waals surface area (Å²) in [5, 5.41) is 3.43. The molecule has 0 fully saturated rings. The molecule has 2 aromatic rings. The van der Waals surface area contributed by atoms with E-state index in [4.69, 9.17) is 5.73 Å². The highest BCUT2D eigenvalue weighted by atomic mass is 32.1. The van der Waals surface area contributed by atoms with Crippen molar-refractivity contribution in [1.29, 1.82) is 0 Å². The number of amides is 2. The second-order valence-corrected chi connectivity index (χ2v) is 6.34. The Bertz CT molecular complexity index is 715. The monoisotopic (exact) mass is 303 g/mol. The lowest BCUT2D eigenvalue weighted by Gasteiger charge is -2.11. The molecule has 1 aliphatic carbocycles. The van der Waals surface area contributed by atoms with Crippen LogP contribution in [-0.4, -0.2) is 16.4 Å². The van der Waals surface area contributed by atoms with Gasteiger partial charge in [0.15, 0.2) is 0 Å². The number of aryl methyl sites for hydroxylation is 2. The third-order valence-corrected chi connectivity index (χ3v) is 5.03. The zero-order valence-corrected chi connectivity index (χ0v) is 12.6. The number of hydrogen-bond acceptors (Lipinski definition) is 3. The van der Waals surface area contributed by atoms with Crippen LogP contribution < -0.4 is 11.1 Å². The van der Waals surface area contributed by atoms with E-state index < -0.39 is 5.91 Å². The van der Waals surface area contributed by atoms with Gasteiger partial charge in [-0.2, -0.15) is 0 Å². The summed E-state index contributed by atoms with van der Waals surface area (Å²) >= 11 is 1.48. The highest BCUT2D eigenvalue weighted by Crippen LogP contribution is 2.38. The van der Waals surface area contributed by atoms with E-state index in [1.54, 1.807) is 10.6 Å². The Morgan fingerprint density at radius 1 is 1.33 bits per heavy atom. The number of fused-ring (bicyclic) bond motifs is 1. The van der Waals surface area contributed by atoms with Crippen molar-refractivity contribution in [3.63, 3.8) is 0 Å². The third kappa shape index (κ3) is 2.47. The van der Waals surface area contributed by atoms with Gasteiger partial charge in [0, 0.05) is 18.1 Å². The molecule has 5 nitrogen and oxygen atoms in total. The number of primary amides is 1. The zero-order chi connectivity index (χ0) is 15.0. The van der Waals surface area contributed by atoms with E-state index in [0.717, 1.165) is 31.2 Å². The van der Waals surface area contributed by atoms with Gasteiger partial charge in [-0.1, -0.05) is 0 Å². The number of anilines is 1. The fraction of sp³-hybridized carbons (Fsp3) is 0.333. The summed E-state index contributed by atoms with van der Waals surface area (Å²) in [6, 6.07) is 3.55. The molecule has 6 heteroatoms. The number of carbonyl (C=O) groups excluding carboxylic acids is 2. The van der Waals surface area contributed by atoms with Crippen molar-refractivity contribution in [2.75, 3.05) is 5.32 Å². The van der Waals surface area contributed by atoms with Crippen LogP contribution in [0.25, 0.3) is 0 Å². The topological polar surface area (TPSA) is 77.1 Å². The molecule has 0 aliphatic heterocycles. The van der Waals surface area contributed by atoms with Crippen molar-refractivity contribution in [2.45, 2.75) is 25.7 Å². The van der Waals surface area contributed by atoms with Crippen LogP contribution in [0.4, 0.5) is 5.00 Å². The molecule has 2 heterocycles. The molecule has 0 aromatic carbocycles. The Hall–Kier alpha value is -2.08. The third-order valence-electron chi connectivity index (χ3n) is 3.82. The Labute approximate surface area is 126 Å². The molecule has 0 atom stereocenters. The predicted octanol–water partition coefficient (Wildman–Crippen LogP) is 2.32. The molecule has 1 aliphatic rings. The summed E-state index contributed by atoms with van der Waals surface area (Å²) in [7, 11) is 1.81. The van der Waals surface area contributed by atoms with Crippen LogP contribution in [0.2, 0.25) is 0 Å². The number of aromatic nitrogens is 1. The maximum Gasteiger partial charge on any atom is 0.272 e. The zero-order valence-electron chi connectivity index (χ0n) is 11.8. The van der Waals surface area contributed by atoms with E-state index >= 15 is 0 Å². The van der Waals surface area contributed by atoms with Gasteiger partial charge in [0.25, 0.3) is 11.8 Å². The van der Waals surface area contributed by atoms with Crippen molar-refractivity contribution in [3.05, 3.63) is 40.0 Å². The summed E-state index contributed by atoms with van der Waals surface area (Å²) in [5.74, 6) is -0.680. The van der Waals surface area contributed by atoms with Gasteiger partial charge in [-0.25, -0.2) is 0 Å². The molecule has 0 spiro atoms. The van der Waals surface area contributed by atoms with Gasteiger partial charge in [-0.15, -0.1) is 11.3 Å². The molecule has 110 valence electrons. The lowest BCUT2D eigenvalue weighted by Crippen LogP contribution is -2.19. The first-order chi connectivity index (χ1) is 10.1. The van der Waals surface area contributed by atoms with Gasteiger partial charge in [0.05, 0.1) is 5.56 Å². The molecule has 2 aromatic heterocycles. The van der Waals surface area contributed by atoms with E-state index in [0.29, 0.717) is 16.3 Å². The van der Waals surface area contributed by atoms with E-state index in [1.165, 1.54) is 16.2 Å². The first kappa shape index (κ1) is 13.9. The minimum atomic E-state index is -0.461. The quantitative estimate of drug-likeness (QED) is 0.913. The van der Waals surface area contributed by atoms with Crippen LogP contribution in [0.3, 0.4) is 0 Å².